The van der Waals surface area contributed by atoms with Crippen LogP contribution in [-0.4, -0.2) is 73.8 Å². The van der Waals surface area contributed by atoms with Gasteiger partial charge in [-0.05, 0) is 18.4 Å². The van der Waals surface area contributed by atoms with Gasteiger partial charge in [-0.2, -0.15) is 0 Å². The summed E-state index contributed by atoms with van der Waals surface area (Å²) in [7, 11) is -3.03. The molecule has 2 saturated heterocycles. The smallest absolute Gasteiger partial charge is 0.244 e. The number of nitrogens with zero attached hydrogens (tertiary/aromatic N) is 2. The van der Waals surface area contributed by atoms with Crippen LogP contribution in [0.2, 0.25) is 0 Å². The van der Waals surface area contributed by atoms with Gasteiger partial charge < -0.3 is 10.2 Å². The Morgan fingerprint density at radius 1 is 1.07 bits per heavy atom. The van der Waals surface area contributed by atoms with E-state index in [1.54, 1.807) is 0 Å². The summed E-state index contributed by atoms with van der Waals surface area (Å²) in [5.74, 6) is 0.0606. The Hall–Kier alpha value is -1.93. The zero-order valence-electron chi connectivity index (χ0n) is 17.2. The van der Waals surface area contributed by atoms with Gasteiger partial charge in [0.15, 0.2) is 9.84 Å². The normalized spacial score (nSPS) is 23.6. The average Bonchev–Trinajstić information content (AvgIpc) is 2.70. The Balaban J connectivity index is 1.77. The standard InChI is InChI=1S/C21H31N3O4S/c1-16(2)20(25)22-18-9-6-10-24(15-18)21(26)19(17-7-4-3-5-8-17)23-11-13-29(27,28)14-12-23/h3-5,7-8,16,18-19H,6,9-15H2,1-2H3,(H,22,25). The molecule has 1 aromatic rings. The molecule has 0 aromatic heterocycles. The van der Waals surface area contributed by atoms with Crippen LogP contribution in [0, 0.1) is 5.92 Å². The van der Waals surface area contributed by atoms with Crippen LogP contribution in [0.25, 0.3) is 0 Å². The van der Waals surface area contributed by atoms with Crippen molar-refractivity contribution in [1.29, 1.82) is 0 Å². The van der Waals surface area contributed by atoms with Crippen LogP contribution in [0.5, 0.6) is 0 Å². The molecule has 2 fully saturated rings. The summed E-state index contributed by atoms with van der Waals surface area (Å²) in [5, 5.41) is 3.05. The zero-order valence-corrected chi connectivity index (χ0v) is 18.0. The molecule has 29 heavy (non-hydrogen) atoms. The third kappa shape index (κ3) is 5.57. The lowest BCUT2D eigenvalue weighted by Crippen LogP contribution is -2.54. The summed E-state index contributed by atoms with van der Waals surface area (Å²) in [6, 6.07) is 9.02. The molecule has 2 aliphatic rings. The van der Waals surface area contributed by atoms with Gasteiger partial charge in [-0.25, -0.2) is 8.42 Å². The van der Waals surface area contributed by atoms with Crippen molar-refractivity contribution in [1.82, 2.24) is 15.1 Å². The van der Waals surface area contributed by atoms with Gasteiger partial charge >= 0.3 is 0 Å². The lowest BCUT2D eigenvalue weighted by molar-refractivity contribution is -0.139. The van der Waals surface area contributed by atoms with Crippen LogP contribution >= 0.6 is 0 Å². The van der Waals surface area contributed by atoms with Crippen molar-refractivity contribution in [2.24, 2.45) is 5.92 Å². The predicted octanol–water partition coefficient (Wildman–Crippen LogP) is 1.22. The molecule has 1 aromatic carbocycles. The number of carbonyl (C=O) groups is 2. The van der Waals surface area contributed by atoms with Crippen molar-refractivity contribution in [3.8, 4) is 0 Å². The van der Waals surface area contributed by atoms with Crippen LogP contribution in [-0.2, 0) is 19.4 Å². The van der Waals surface area contributed by atoms with E-state index < -0.39 is 15.9 Å². The quantitative estimate of drug-likeness (QED) is 0.773. The van der Waals surface area contributed by atoms with E-state index in [1.807, 2.05) is 54.0 Å². The van der Waals surface area contributed by atoms with Crippen LogP contribution in [0.1, 0.15) is 38.3 Å². The highest BCUT2D eigenvalue weighted by Gasteiger charge is 2.36. The molecule has 3 rings (SSSR count). The van der Waals surface area contributed by atoms with Gasteiger partial charge in [-0.3, -0.25) is 14.5 Å². The Kier molecular flexibility index (Phi) is 6.95. The molecule has 8 heteroatoms. The van der Waals surface area contributed by atoms with E-state index in [2.05, 4.69) is 5.32 Å². The topological polar surface area (TPSA) is 86.8 Å². The van der Waals surface area contributed by atoms with Crippen LogP contribution in [0.15, 0.2) is 30.3 Å². The van der Waals surface area contributed by atoms with E-state index in [0.717, 1.165) is 18.4 Å². The fourth-order valence-electron chi connectivity index (χ4n) is 3.97. The Labute approximate surface area is 173 Å². The lowest BCUT2D eigenvalue weighted by atomic mass is 10.00. The molecule has 0 saturated carbocycles. The first-order valence-electron chi connectivity index (χ1n) is 10.4. The Morgan fingerprint density at radius 3 is 2.34 bits per heavy atom. The summed E-state index contributed by atoms with van der Waals surface area (Å²) in [4.78, 5) is 29.4. The van der Waals surface area contributed by atoms with E-state index in [9.17, 15) is 18.0 Å². The Bertz CT molecular complexity index is 812. The van der Waals surface area contributed by atoms with Gasteiger partial charge in [-0.15, -0.1) is 0 Å². The molecular formula is C21H31N3O4S. The molecule has 2 aliphatic heterocycles. The second-order valence-electron chi connectivity index (χ2n) is 8.29. The molecule has 0 spiro atoms. The minimum atomic E-state index is -3.03. The number of hydrogen-bond donors (Lipinski definition) is 1. The molecule has 2 atom stereocenters. The summed E-state index contributed by atoms with van der Waals surface area (Å²) in [6.45, 7) is 5.58. The molecule has 0 aliphatic carbocycles. The highest BCUT2D eigenvalue weighted by molar-refractivity contribution is 7.91. The number of amides is 2. The molecule has 0 radical (unpaired) electrons. The summed E-state index contributed by atoms with van der Waals surface area (Å²) in [6.07, 6.45) is 1.70. The number of likely N-dealkylation sites (tertiary alicyclic amines) is 1. The largest absolute Gasteiger partial charge is 0.351 e. The van der Waals surface area contributed by atoms with E-state index >= 15 is 0 Å². The number of rotatable bonds is 5. The first-order valence-corrected chi connectivity index (χ1v) is 12.2. The third-order valence-corrected chi connectivity index (χ3v) is 7.31. The molecule has 160 valence electrons. The fourth-order valence-corrected chi connectivity index (χ4v) is 5.20. The van der Waals surface area contributed by atoms with E-state index in [-0.39, 0.29) is 35.3 Å². The first kappa shape index (κ1) is 21.8. The van der Waals surface area contributed by atoms with Gasteiger partial charge in [-0.1, -0.05) is 44.2 Å². The van der Waals surface area contributed by atoms with Gasteiger partial charge in [0.2, 0.25) is 11.8 Å². The second kappa shape index (κ2) is 9.26. The molecule has 2 amide bonds. The van der Waals surface area contributed by atoms with E-state index in [4.69, 9.17) is 0 Å². The lowest BCUT2D eigenvalue weighted by Gasteiger charge is -2.40. The van der Waals surface area contributed by atoms with Gasteiger partial charge in [0.1, 0.15) is 6.04 Å². The number of carbonyl (C=O) groups excluding carboxylic acids is 2. The molecular weight excluding hydrogens is 390 g/mol. The van der Waals surface area contributed by atoms with Crippen LogP contribution in [0.4, 0.5) is 0 Å². The number of nitrogens with one attached hydrogen (secondary N) is 1. The van der Waals surface area contributed by atoms with Gasteiger partial charge in [0.05, 0.1) is 11.5 Å². The molecule has 1 N–H and O–H groups in total. The number of benzene rings is 1. The maximum absolute atomic E-state index is 13.5. The molecule has 2 heterocycles. The van der Waals surface area contributed by atoms with E-state index in [1.165, 1.54) is 0 Å². The van der Waals surface area contributed by atoms with Gasteiger partial charge in [0, 0.05) is 38.1 Å². The third-order valence-electron chi connectivity index (χ3n) is 5.70. The van der Waals surface area contributed by atoms with Crippen molar-refractivity contribution in [2.45, 2.75) is 38.8 Å². The first-order chi connectivity index (χ1) is 13.8. The highest BCUT2D eigenvalue weighted by Crippen LogP contribution is 2.26. The van der Waals surface area contributed by atoms with Crippen molar-refractivity contribution in [2.75, 3.05) is 37.7 Å². The second-order valence-corrected chi connectivity index (χ2v) is 10.6. The monoisotopic (exact) mass is 421 g/mol. The maximum Gasteiger partial charge on any atom is 0.244 e. The molecule has 2 unspecified atom stereocenters. The van der Waals surface area contributed by atoms with Gasteiger partial charge in [0.25, 0.3) is 0 Å². The van der Waals surface area contributed by atoms with Crippen molar-refractivity contribution in [3.63, 3.8) is 0 Å². The average molecular weight is 422 g/mol. The van der Waals surface area contributed by atoms with Crippen LogP contribution < -0.4 is 5.32 Å². The SMILES string of the molecule is CC(C)C(=O)NC1CCCN(C(=O)C(c2ccccc2)N2CCS(=O)(=O)CC2)C1. The maximum atomic E-state index is 13.5. The Morgan fingerprint density at radius 2 is 1.72 bits per heavy atom. The van der Waals surface area contributed by atoms with E-state index in [0.29, 0.717) is 26.2 Å². The van der Waals surface area contributed by atoms with Crippen molar-refractivity contribution in [3.05, 3.63) is 35.9 Å². The molecule has 0 bridgehead atoms. The number of hydrogen-bond acceptors (Lipinski definition) is 5. The van der Waals surface area contributed by atoms with Crippen LogP contribution in [0.3, 0.4) is 0 Å². The summed E-state index contributed by atoms with van der Waals surface area (Å²) < 4.78 is 23.7. The number of sulfone groups is 1. The predicted molar refractivity (Wildman–Crippen MR) is 112 cm³/mol. The molecule has 7 nitrogen and oxygen atoms in total. The zero-order chi connectivity index (χ0) is 21.0. The minimum Gasteiger partial charge on any atom is -0.351 e. The van der Waals surface area contributed by atoms with Crippen molar-refractivity contribution >= 4 is 21.7 Å². The highest BCUT2D eigenvalue weighted by atomic mass is 32.2. The summed E-state index contributed by atoms with van der Waals surface area (Å²) in [5.41, 5.74) is 0.880. The minimum absolute atomic E-state index is 0.00476. The fraction of sp³-hybridized carbons (Fsp3) is 0.619. The summed E-state index contributed by atoms with van der Waals surface area (Å²) >= 11 is 0. The number of piperidine rings is 1. The van der Waals surface area contributed by atoms with Crippen molar-refractivity contribution < 1.29 is 18.0 Å².